The molecule has 2 aliphatic rings. The molecule has 0 aromatic carbocycles. The van der Waals surface area contributed by atoms with Crippen molar-refractivity contribution in [3.63, 3.8) is 0 Å². The molecule has 0 N–H and O–H groups in total. The fraction of sp³-hybridized carbons (Fsp3) is 0.737. The van der Waals surface area contributed by atoms with E-state index in [4.69, 9.17) is 4.74 Å². The number of ether oxygens (including phenoxy) is 1. The van der Waals surface area contributed by atoms with Gasteiger partial charge in [-0.15, -0.1) is 0 Å². The van der Waals surface area contributed by atoms with E-state index in [1.165, 1.54) is 51.0 Å². The van der Waals surface area contributed by atoms with Gasteiger partial charge in [-0.25, -0.2) is 0 Å². The summed E-state index contributed by atoms with van der Waals surface area (Å²) < 4.78 is 5.47. The van der Waals surface area contributed by atoms with Crippen LogP contribution in [0.2, 0.25) is 0 Å². The summed E-state index contributed by atoms with van der Waals surface area (Å²) in [5, 5.41) is 0. The fourth-order valence-electron chi connectivity index (χ4n) is 3.89. The van der Waals surface area contributed by atoms with E-state index in [-0.39, 0.29) is 0 Å². The highest BCUT2D eigenvalue weighted by Crippen LogP contribution is 2.21. The Hall–Kier alpha value is -0.970. The highest BCUT2D eigenvalue weighted by atomic mass is 16.5. The first-order valence-corrected chi connectivity index (χ1v) is 9.21. The van der Waals surface area contributed by atoms with E-state index in [0.717, 1.165) is 38.1 Å². The van der Waals surface area contributed by atoms with Crippen LogP contribution in [-0.2, 0) is 11.2 Å². The van der Waals surface area contributed by atoms with Gasteiger partial charge in [0, 0.05) is 50.7 Å². The number of likely N-dealkylation sites (tertiary alicyclic amines) is 1. The molecule has 1 aromatic heterocycles. The van der Waals surface area contributed by atoms with Crippen molar-refractivity contribution in [2.75, 3.05) is 46.4 Å². The highest BCUT2D eigenvalue weighted by molar-refractivity contribution is 5.03. The van der Waals surface area contributed by atoms with Crippen molar-refractivity contribution < 1.29 is 4.74 Å². The van der Waals surface area contributed by atoms with Gasteiger partial charge in [0.05, 0.1) is 0 Å². The lowest BCUT2D eigenvalue weighted by atomic mass is 9.97. The smallest absolute Gasteiger partial charge is 0.0469 e. The third-order valence-corrected chi connectivity index (χ3v) is 5.48. The summed E-state index contributed by atoms with van der Waals surface area (Å²) >= 11 is 0. The van der Waals surface area contributed by atoms with Gasteiger partial charge >= 0.3 is 0 Å². The van der Waals surface area contributed by atoms with E-state index in [0.29, 0.717) is 0 Å². The minimum Gasteiger partial charge on any atom is -0.381 e. The van der Waals surface area contributed by atoms with Gasteiger partial charge in [-0.05, 0) is 63.9 Å². The second-order valence-electron chi connectivity index (χ2n) is 7.14. The molecule has 2 aliphatic heterocycles. The van der Waals surface area contributed by atoms with E-state index < -0.39 is 0 Å². The first kappa shape index (κ1) is 16.9. The van der Waals surface area contributed by atoms with E-state index in [9.17, 15) is 0 Å². The van der Waals surface area contributed by atoms with Crippen LogP contribution in [0.1, 0.15) is 31.4 Å². The first-order valence-electron chi connectivity index (χ1n) is 9.21. The van der Waals surface area contributed by atoms with E-state index in [1.54, 1.807) is 0 Å². The molecule has 0 bridgehead atoms. The summed E-state index contributed by atoms with van der Waals surface area (Å²) in [5.41, 5.74) is 1.21. The Morgan fingerprint density at radius 3 is 2.65 bits per heavy atom. The summed E-state index contributed by atoms with van der Waals surface area (Å²) in [6.45, 7) is 6.79. The lowest BCUT2D eigenvalue weighted by molar-refractivity contribution is 0.0430. The van der Waals surface area contributed by atoms with Gasteiger partial charge in [0.15, 0.2) is 0 Å². The zero-order chi connectivity index (χ0) is 15.9. The van der Waals surface area contributed by atoms with Crippen LogP contribution in [-0.4, -0.2) is 67.3 Å². The van der Waals surface area contributed by atoms with Crippen LogP contribution in [0.15, 0.2) is 24.4 Å². The van der Waals surface area contributed by atoms with Crippen LogP contribution in [0.25, 0.3) is 0 Å². The Kier molecular flexibility index (Phi) is 6.43. The van der Waals surface area contributed by atoms with Crippen LogP contribution in [0.4, 0.5) is 0 Å². The molecule has 3 rings (SSSR count). The van der Waals surface area contributed by atoms with Gasteiger partial charge in [0.2, 0.25) is 0 Å². The summed E-state index contributed by atoms with van der Waals surface area (Å²) in [7, 11) is 2.32. The van der Waals surface area contributed by atoms with Crippen LogP contribution < -0.4 is 0 Å². The Bertz CT molecular complexity index is 439. The minimum atomic E-state index is 0.768. The van der Waals surface area contributed by atoms with Gasteiger partial charge in [-0.3, -0.25) is 4.98 Å². The third kappa shape index (κ3) is 5.27. The standard InChI is InChI=1S/C19H31N3O/c1-21(16-17-8-14-23-15-9-17)19-6-12-22(13-7-19)11-5-18-4-2-3-10-20-18/h2-4,10,17,19H,5-9,11-16H2,1H3. The predicted molar refractivity (Wildman–Crippen MR) is 93.6 cm³/mol. The van der Waals surface area contributed by atoms with E-state index in [1.807, 2.05) is 12.3 Å². The molecule has 0 aliphatic carbocycles. The Labute approximate surface area is 140 Å². The molecular weight excluding hydrogens is 286 g/mol. The number of rotatable bonds is 6. The molecule has 0 spiro atoms. The number of hydrogen-bond donors (Lipinski definition) is 0. The molecule has 4 heteroatoms. The van der Waals surface area contributed by atoms with Crippen molar-refractivity contribution in [3.8, 4) is 0 Å². The average Bonchev–Trinajstić information content (AvgIpc) is 2.62. The molecule has 0 unspecified atom stereocenters. The van der Waals surface area contributed by atoms with Crippen molar-refractivity contribution in [3.05, 3.63) is 30.1 Å². The average molecular weight is 317 g/mol. The van der Waals surface area contributed by atoms with E-state index in [2.05, 4.69) is 34.0 Å². The lowest BCUT2D eigenvalue weighted by Gasteiger charge is -2.38. The van der Waals surface area contributed by atoms with Crippen molar-refractivity contribution >= 4 is 0 Å². The molecule has 23 heavy (non-hydrogen) atoms. The molecule has 2 fully saturated rings. The number of pyridine rings is 1. The second-order valence-corrected chi connectivity index (χ2v) is 7.14. The maximum atomic E-state index is 5.47. The largest absolute Gasteiger partial charge is 0.381 e. The molecule has 0 radical (unpaired) electrons. The molecule has 128 valence electrons. The van der Waals surface area contributed by atoms with Crippen molar-refractivity contribution in [2.24, 2.45) is 5.92 Å². The van der Waals surface area contributed by atoms with Crippen LogP contribution in [0.5, 0.6) is 0 Å². The molecule has 3 heterocycles. The summed E-state index contributed by atoms with van der Waals surface area (Å²) in [6, 6.07) is 6.97. The minimum absolute atomic E-state index is 0.768. The molecule has 0 atom stereocenters. The molecule has 2 saturated heterocycles. The molecule has 1 aromatic rings. The zero-order valence-electron chi connectivity index (χ0n) is 14.5. The van der Waals surface area contributed by atoms with Gasteiger partial charge in [0.1, 0.15) is 0 Å². The van der Waals surface area contributed by atoms with Gasteiger partial charge in [-0.1, -0.05) is 6.07 Å². The van der Waals surface area contributed by atoms with E-state index >= 15 is 0 Å². The molecule has 0 amide bonds. The predicted octanol–water partition coefficient (Wildman–Crippen LogP) is 2.45. The zero-order valence-corrected chi connectivity index (χ0v) is 14.5. The van der Waals surface area contributed by atoms with Crippen molar-refractivity contribution in [1.82, 2.24) is 14.8 Å². The van der Waals surface area contributed by atoms with Gasteiger partial charge in [-0.2, -0.15) is 0 Å². The monoisotopic (exact) mass is 317 g/mol. The number of piperidine rings is 1. The number of hydrogen-bond acceptors (Lipinski definition) is 4. The Morgan fingerprint density at radius 2 is 1.96 bits per heavy atom. The Balaban J connectivity index is 1.36. The first-order chi connectivity index (χ1) is 11.3. The molecule has 0 saturated carbocycles. The highest BCUT2D eigenvalue weighted by Gasteiger charge is 2.24. The SMILES string of the molecule is CN(CC1CCOCC1)C1CCN(CCc2ccccn2)CC1. The van der Waals surface area contributed by atoms with Gasteiger partial charge in [0.25, 0.3) is 0 Å². The lowest BCUT2D eigenvalue weighted by Crippen LogP contribution is -2.45. The van der Waals surface area contributed by atoms with Crippen LogP contribution >= 0.6 is 0 Å². The summed E-state index contributed by atoms with van der Waals surface area (Å²) in [4.78, 5) is 9.65. The number of aromatic nitrogens is 1. The third-order valence-electron chi connectivity index (χ3n) is 5.48. The van der Waals surface area contributed by atoms with Crippen molar-refractivity contribution in [2.45, 2.75) is 38.1 Å². The summed E-state index contributed by atoms with van der Waals surface area (Å²) in [5.74, 6) is 0.843. The molecule has 4 nitrogen and oxygen atoms in total. The Morgan fingerprint density at radius 1 is 1.17 bits per heavy atom. The van der Waals surface area contributed by atoms with Crippen LogP contribution in [0, 0.1) is 5.92 Å². The topological polar surface area (TPSA) is 28.6 Å². The van der Waals surface area contributed by atoms with Crippen molar-refractivity contribution in [1.29, 1.82) is 0 Å². The van der Waals surface area contributed by atoms with Crippen LogP contribution in [0.3, 0.4) is 0 Å². The summed E-state index contributed by atoms with van der Waals surface area (Å²) in [6.07, 6.45) is 8.07. The maximum absolute atomic E-state index is 5.47. The van der Waals surface area contributed by atoms with Gasteiger partial charge < -0.3 is 14.5 Å². The second kappa shape index (κ2) is 8.76. The number of nitrogens with zero attached hydrogens (tertiary/aromatic N) is 3. The quantitative estimate of drug-likeness (QED) is 0.806. The maximum Gasteiger partial charge on any atom is 0.0469 e. The fourth-order valence-corrected chi connectivity index (χ4v) is 3.89. The normalized spacial score (nSPS) is 21.8. The molecular formula is C19H31N3O.